The molecule has 0 fully saturated rings. The predicted octanol–water partition coefficient (Wildman–Crippen LogP) is 8.69. The molecule has 3 aliphatic rings. The summed E-state index contributed by atoms with van der Waals surface area (Å²) in [5.74, 6) is -1.68. The highest BCUT2D eigenvalue weighted by Crippen LogP contribution is 2.49. The second-order valence-corrected chi connectivity index (χ2v) is 19.1. The van der Waals surface area contributed by atoms with Gasteiger partial charge in [0.05, 0.1) is 15.2 Å². The molecule has 0 spiro atoms. The molecule has 5 rings (SSSR count). The van der Waals surface area contributed by atoms with Crippen LogP contribution in [0.1, 0.15) is 109 Å². The van der Waals surface area contributed by atoms with Gasteiger partial charge in [0.1, 0.15) is 6.54 Å². The van der Waals surface area contributed by atoms with Crippen molar-refractivity contribution in [3.63, 3.8) is 0 Å². The van der Waals surface area contributed by atoms with Gasteiger partial charge in [0.15, 0.2) is 5.71 Å². The topological polar surface area (TPSA) is 190 Å². The van der Waals surface area contributed by atoms with Crippen molar-refractivity contribution in [1.29, 1.82) is 0 Å². The first kappa shape index (κ1) is 44.0. The number of benzene rings is 2. The maximum atomic E-state index is 12.1. The molecule has 0 unspecified atom stereocenters. The van der Waals surface area contributed by atoms with Crippen molar-refractivity contribution >= 4 is 60.9 Å². The van der Waals surface area contributed by atoms with E-state index < -0.39 is 43.0 Å². The second kappa shape index (κ2) is 17.4. The van der Waals surface area contributed by atoms with E-state index in [1.165, 1.54) is 24.3 Å². The first-order chi connectivity index (χ1) is 26.6. The molecule has 308 valence electrons. The van der Waals surface area contributed by atoms with E-state index in [9.17, 15) is 35.5 Å². The summed E-state index contributed by atoms with van der Waals surface area (Å²) in [6, 6.07) is 9.19. The summed E-state index contributed by atoms with van der Waals surface area (Å²) < 4.78 is 70.1. The number of carboxylic acid groups (broad SMARTS) is 2. The zero-order chi connectivity index (χ0) is 41.9. The standard InChI is InChI=1S/C42H51ClN2O10S2/c1-41(2)32-26-30(56(50,51)52)18-20-34(32)44(24-9-5-7-14-38(46)47)36(41)22-16-28-12-11-13-29(40(28)43)17-23-37-42(3,4)33-27-31(57(53,54)55)19-21-35(33)45(37)25-10-6-8-15-39(48)49/h16-23,26-27H,5-15,24-25H2,1-4H3,(H3-,46,47,48,49,50,51,52,53,54,55)/p+1. The Bertz CT molecular complexity index is 2320. The van der Waals surface area contributed by atoms with E-state index in [1.807, 2.05) is 52.0 Å². The molecule has 4 N–H and O–H groups in total. The van der Waals surface area contributed by atoms with Crippen LogP contribution in [0.2, 0.25) is 0 Å². The Morgan fingerprint density at radius 2 is 1.37 bits per heavy atom. The lowest BCUT2D eigenvalue weighted by Gasteiger charge is -2.27. The molecule has 2 aromatic carbocycles. The van der Waals surface area contributed by atoms with Crippen LogP contribution in [0.3, 0.4) is 0 Å². The van der Waals surface area contributed by atoms with Crippen molar-refractivity contribution in [2.75, 3.05) is 18.0 Å². The van der Waals surface area contributed by atoms with Crippen molar-refractivity contribution in [2.45, 2.75) is 119 Å². The molecule has 12 nitrogen and oxygen atoms in total. The highest BCUT2D eigenvalue weighted by Gasteiger charge is 2.45. The van der Waals surface area contributed by atoms with E-state index in [1.54, 1.807) is 12.1 Å². The van der Waals surface area contributed by atoms with Crippen LogP contribution in [0.15, 0.2) is 92.4 Å². The summed E-state index contributed by atoms with van der Waals surface area (Å²) in [5.41, 5.74) is 5.50. The monoisotopic (exact) mass is 843 g/mol. The van der Waals surface area contributed by atoms with E-state index in [2.05, 4.69) is 9.48 Å². The van der Waals surface area contributed by atoms with Gasteiger partial charge in [0, 0.05) is 65.3 Å². The minimum atomic E-state index is -4.43. The molecule has 2 heterocycles. The molecule has 0 atom stereocenters. The fraction of sp³-hybridized carbons (Fsp3) is 0.452. The van der Waals surface area contributed by atoms with Crippen molar-refractivity contribution < 1.29 is 50.3 Å². The molecule has 57 heavy (non-hydrogen) atoms. The lowest BCUT2D eigenvalue weighted by Crippen LogP contribution is -2.28. The third-order valence-electron chi connectivity index (χ3n) is 11.2. The lowest BCUT2D eigenvalue weighted by molar-refractivity contribution is -0.438. The fourth-order valence-electron chi connectivity index (χ4n) is 8.12. The molecule has 15 heteroatoms. The van der Waals surface area contributed by atoms with Crippen LogP contribution in [-0.2, 0) is 40.7 Å². The van der Waals surface area contributed by atoms with Gasteiger partial charge in [-0.25, -0.2) is 0 Å². The summed E-state index contributed by atoms with van der Waals surface area (Å²) in [4.78, 5) is 23.9. The third-order valence-corrected chi connectivity index (χ3v) is 13.4. The lowest BCUT2D eigenvalue weighted by atomic mass is 9.81. The number of allylic oxidation sites excluding steroid dienone is 8. The number of aliphatic carboxylic acids is 2. The Morgan fingerprint density at radius 1 is 0.772 bits per heavy atom. The van der Waals surface area contributed by atoms with Crippen molar-refractivity contribution in [3.05, 3.63) is 93.7 Å². The maximum absolute atomic E-state index is 12.1. The Balaban J connectivity index is 1.49. The molecule has 0 amide bonds. The number of unbranched alkanes of at least 4 members (excludes halogenated alkanes) is 4. The van der Waals surface area contributed by atoms with Gasteiger partial charge in [-0.05, 0) is 112 Å². The molecular formula is C42H52ClN2O10S2+. The van der Waals surface area contributed by atoms with Crippen LogP contribution in [-0.4, -0.2) is 71.5 Å². The first-order valence-corrected chi connectivity index (χ1v) is 22.5. The van der Waals surface area contributed by atoms with Crippen LogP contribution in [0.25, 0.3) is 0 Å². The van der Waals surface area contributed by atoms with Crippen LogP contribution in [0.5, 0.6) is 0 Å². The molecule has 0 saturated heterocycles. The Morgan fingerprint density at radius 3 is 1.98 bits per heavy atom. The Hall–Kier alpha value is -4.08. The number of anilines is 1. The number of hydrogen-bond acceptors (Lipinski definition) is 7. The smallest absolute Gasteiger partial charge is 0.303 e. The number of nitrogens with zero attached hydrogens (tertiary/aromatic N) is 2. The largest absolute Gasteiger partial charge is 0.481 e. The highest BCUT2D eigenvalue weighted by atomic mass is 35.5. The summed E-state index contributed by atoms with van der Waals surface area (Å²) in [7, 11) is -8.87. The van der Waals surface area contributed by atoms with Crippen LogP contribution >= 0.6 is 11.6 Å². The number of halogens is 1. The van der Waals surface area contributed by atoms with Crippen LogP contribution < -0.4 is 4.90 Å². The van der Waals surface area contributed by atoms with E-state index >= 15 is 0 Å². The molecular weight excluding hydrogens is 792 g/mol. The number of fused-ring (bicyclic) bond motifs is 2. The zero-order valence-electron chi connectivity index (χ0n) is 32.8. The minimum Gasteiger partial charge on any atom is -0.481 e. The SMILES string of the molecule is CC1(C)C(/C=C/C2=C(Cl)C(=C/C=C3/N(CCCCCC(=O)O)c4ccc(S(=O)(=O)O)cc4C3(C)C)/CCC2)=[N+](CCCCCC(=O)O)c2ccc(S(=O)(=O)O)cc21. The normalized spacial score (nSPS) is 19.2. The molecule has 1 aliphatic carbocycles. The number of hydrogen-bond donors (Lipinski definition) is 4. The average Bonchev–Trinajstić information content (AvgIpc) is 3.46. The highest BCUT2D eigenvalue weighted by molar-refractivity contribution is 7.86. The van der Waals surface area contributed by atoms with Gasteiger partial charge in [0.25, 0.3) is 20.2 Å². The van der Waals surface area contributed by atoms with Crippen LogP contribution in [0.4, 0.5) is 11.4 Å². The van der Waals surface area contributed by atoms with E-state index in [0.29, 0.717) is 56.6 Å². The fourth-order valence-corrected chi connectivity index (χ4v) is 9.45. The molecule has 2 aliphatic heterocycles. The van der Waals surface area contributed by atoms with Crippen LogP contribution in [0, 0.1) is 0 Å². The van der Waals surface area contributed by atoms with Gasteiger partial charge in [-0.3, -0.25) is 18.7 Å². The molecule has 0 saturated carbocycles. The number of rotatable bonds is 17. The van der Waals surface area contributed by atoms with E-state index in [-0.39, 0.29) is 22.6 Å². The van der Waals surface area contributed by atoms with E-state index in [0.717, 1.165) is 64.3 Å². The molecule has 0 bridgehead atoms. The van der Waals surface area contributed by atoms with Gasteiger partial charge >= 0.3 is 11.9 Å². The number of carboxylic acids is 2. The number of carbonyl (C=O) groups is 2. The molecule has 0 radical (unpaired) electrons. The van der Waals surface area contributed by atoms with Gasteiger partial charge in [-0.1, -0.05) is 44.0 Å². The van der Waals surface area contributed by atoms with Gasteiger partial charge in [-0.15, -0.1) is 0 Å². The zero-order valence-corrected chi connectivity index (χ0v) is 35.2. The minimum absolute atomic E-state index is 0.0848. The summed E-state index contributed by atoms with van der Waals surface area (Å²) in [6.07, 6.45) is 14.4. The molecule has 0 aromatic heterocycles. The van der Waals surface area contributed by atoms with Crippen molar-refractivity contribution in [1.82, 2.24) is 0 Å². The quantitative estimate of drug-likeness (QED) is 0.0677. The van der Waals surface area contributed by atoms with Crippen molar-refractivity contribution in [3.8, 4) is 0 Å². The van der Waals surface area contributed by atoms with Gasteiger partial charge in [-0.2, -0.15) is 21.4 Å². The average molecular weight is 844 g/mol. The Labute approximate surface area is 340 Å². The van der Waals surface area contributed by atoms with E-state index in [4.69, 9.17) is 21.8 Å². The summed E-state index contributed by atoms with van der Waals surface area (Å²) >= 11 is 7.15. The molecule has 2 aromatic rings. The maximum Gasteiger partial charge on any atom is 0.303 e. The predicted molar refractivity (Wildman–Crippen MR) is 220 cm³/mol. The third kappa shape index (κ3) is 9.97. The Kier molecular flexibility index (Phi) is 13.5. The van der Waals surface area contributed by atoms with Crippen molar-refractivity contribution in [2.24, 2.45) is 0 Å². The second-order valence-electron chi connectivity index (χ2n) is 15.9. The van der Waals surface area contributed by atoms with Gasteiger partial charge < -0.3 is 15.1 Å². The van der Waals surface area contributed by atoms with Gasteiger partial charge in [0.2, 0.25) is 5.69 Å². The first-order valence-electron chi connectivity index (χ1n) is 19.2. The summed E-state index contributed by atoms with van der Waals surface area (Å²) in [5, 5.41) is 18.8. The summed E-state index contributed by atoms with van der Waals surface area (Å²) in [6.45, 7) is 9.14.